The second-order valence-electron chi connectivity index (χ2n) is 4.03. The fourth-order valence-electron chi connectivity index (χ4n) is 1.24. The van der Waals surface area contributed by atoms with E-state index in [9.17, 15) is 18.3 Å². The molecular weight excluding hydrogens is 263 g/mol. The van der Waals surface area contributed by atoms with Crippen molar-refractivity contribution in [3.63, 3.8) is 0 Å². The standard InChI is InChI=1S/C12H16F3NO3/c1-9-3-2-4-11(5-9)18-7-10(17)6-16-19-8-12(13,14)15/h2-5,10,16-17H,6-8H2,1H3. The van der Waals surface area contributed by atoms with Crippen LogP contribution in [0.3, 0.4) is 0 Å². The molecule has 0 saturated heterocycles. The van der Waals surface area contributed by atoms with Gasteiger partial charge in [0.05, 0.1) is 6.54 Å². The van der Waals surface area contributed by atoms with Crippen LogP contribution in [-0.4, -0.2) is 37.1 Å². The van der Waals surface area contributed by atoms with Crippen LogP contribution in [0.4, 0.5) is 13.2 Å². The molecule has 1 aromatic carbocycles. The monoisotopic (exact) mass is 279 g/mol. The molecule has 0 heterocycles. The van der Waals surface area contributed by atoms with Crippen molar-refractivity contribution in [3.05, 3.63) is 29.8 Å². The number of aliphatic hydroxyl groups is 1. The fourth-order valence-corrected chi connectivity index (χ4v) is 1.24. The summed E-state index contributed by atoms with van der Waals surface area (Å²) < 4.78 is 40.5. The zero-order valence-corrected chi connectivity index (χ0v) is 10.4. The van der Waals surface area contributed by atoms with Crippen molar-refractivity contribution in [2.45, 2.75) is 19.2 Å². The van der Waals surface area contributed by atoms with Crippen molar-refractivity contribution < 1.29 is 27.9 Å². The second kappa shape index (κ2) is 7.32. The van der Waals surface area contributed by atoms with Crippen LogP contribution in [0.15, 0.2) is 24.3 Å². The summed E-state index contributed by atoms with van der Waals surface area (Å²) in [7, 11) is 0. The maximum absolute atomic E-state index is 11.7. The number of hydroxylamine groups is 1. The summed E-state index contributed by atoms with van der Waals surface area (Å²) in [5.41, 5.74) is 3.05. The van der Waals surface area contributed by atoms with Crippen LogP contribution in [-0.2, 0) is 4.84 Å². The van der Waals surface area contributed by atoms with Crippen molar-refractivity contribution in [1.29, 1.82) is 0 Å². The Morgan fingerprint density at radius 2 is 2.11 bits per heavy atom. The molecule has 0 aliphatic heterocycles. The number of hydrogen-bond acceptors (Lipinski definition) is 4. The molecule has 0 fully saturated rings. The topological polar surface area (TPSA) is 50.7 Å². The van der Waals surface area contributed by atoms with Gasteiger partial charge in [-0.1, -0.05) is 12.1 Å². The quantitative estimate of drug-likeness (QED) is 0.590. The first kappa shape index (κ1) is 15.7. The lowest BCUT2D eigenvalue weighted by atomic mass is 10.2. The normalized spacial score (nSPS) is 13.3. The van der Waals surface area contributed by atoms with Gasteiger partial charge in [0.2, 0.25) is 0 Å². The van der Waals surface area contributed by atoms with Crippen LogP contribution in [0.5, 0.6) is 5.75 Å². The Kier molecular flexibility index (Phi) is 6.07. The Morgan fingerprint density at radius 1 is 1.37 bits per heavy atom. The van der Waals surface area contributed by atoms with Crippen LogP contribution < -0.4 is 10.2 Å². The number of nitrogens with one attached hydrogen (secondary N) is 1. The molecule has 7 heteroatoms. The van der Waals surface area contributed by atoms with Crippen LogP contribution in [0, 0.1) is 6.92 Å². The van der Waals surface area contributed by atoms with Gasteiger partial charge in [0.25, 0.3) is 0 Å². The van der Waals surface area contributed by atoms with E-state index in [-0.39, 0.29) is 13.2 Å². The zero-order chi connectivity index (χ0) is 14.3. The second-order valence-corrected chi connectivity index (χ2v) is 4.03. The molecule has 1 rings (SSSR count). The molecule has 1 unspecified atom stereocenters. The van der Waals surface area contributed by atoms with E-state index >= 15 is 0 Å². The minimum atomic E-state index is -4.39. The van der Waals surface area contributed by atoms with E-state index in [4.69, 9.17) is 4.74 Å². The summed E-state index contributed by atoms with van der Waals surface area (Å²) in [6, 6.07) is 7.23. The molecule has 0 aliphatic rings. The predicted octanol–water partition coefficient (Wildman–Crippen LogP) is 1.82. The molecule has 108 valence electrons. The number of aryl methyl sites for hydroxylation is 1. The highest BCUT2D eigenvalue weighted by Crippen LogP contribution is 2.14. The summed E-state index contributed by atoms with van der Waals surface area (Å²) in [4.78, 5) is 4.15. The van der Waals surface area contributed by atoms with E-state index in [1.54, 1.807) is 12.1 Å². The molecule has 0 bridgehead atoms. The molecule has 0 aliphatic carbocycles. The highest BCUT2D eigenvalue weighted by atomic mass is 19.4. The largest absolute Gasteiger partial charge is 0.491 e. The van der Waals surface area contributed by atoms with Gasteiger partial charge in [0.1, 0.15) is 18.5 Å². The summed E-state index contributed by atoms with van der Waals surface area (Å²) >= 11 is 0. The van der Waals surface area contributed by atoms with E-state index in [2.05, 4.69) is 4.84 Å². The number of halogens is 3. The molecule has 0 saturated carbocycles. The van der Waals surface area contributed by atoms with Gasteiger partial charge in [-0.25, -0.2) is 0 Å². The molecule has 0 spiro atoms. The molecule has 4 nitrogen and oxygen atoms in total. The summed E-state index contributed by atoms with van der Waals surface area (Å²) in [5.74, 6) is 0.593. The first-order valence-corrected chi connectivity index (χ1v) is 5.66. The van der Waals surface area contributed by atoms with E-state index in [1.807, 2.05) is 24.5 Å². The van der Waals surface area contributed by atoms with Gasteiger partial charge in [-0.2, -0.15) is 18.7 Å². The fraction of sp³-hybridized carbons (Fsp3) is 0.500. The molecular formula is C12H16F3NO3. The van der Waals surface area contributed by atoms with Crippen LogP contribution >= 0.6 is 0 Å². The van der Waals surface area contributed by atoms with Gasteiger partial charge in [-0.05, 0) is 24.6 Å². The first-order valence-electron chi connectivity index (χ1n) is 5.66. The summed E-state index contributed by atoms with van der Waals surface area (Å²) in [6.07, 6.45) is -5.36. The van der Waals surface area contributed by atoms with Crippen molar-refractivity contribution in [3.8, 4) is 5.75 Å². The van der Waals surface area contributed by atoms with E-state index < -0.39 is 18.9 Å². The molecule has 1 atom stereocenters. The molecule has 19 heavy (non-hydrogen) atoms. The van der Waals surface area contributed by atoms with Crippen LogP contribution in [0.25, 0.3) is 0 Å². The number of ether oxygens (including phenoxy) is 1. The van der Waals surface area contributed by atoms with E-state index in [0.717, 1.165) is 5.56 Å². The first-order chi connectivity index (χ1) is 8.87. The van der Waals surface area contributed by atoms with Crippen molar-refractivity contribution >= 4 is 0 Å². The van der Waals surface area contributed by atoms with Gasteiger partial charge < -0.3 is 9.84 Å². The minimum absolute atomic E-state index is 0.0359. The average molecular weight is 279 g/mol. The van der Waals surface area contributed by atoms with Gasteiger partial charge in [-0.3, -0.25) is 4.84 Å². The lowest BCUT2D eigenvalue weighted by molar-refractivity contribution is -0.191. The minimum Gasteiger partial charge on any atom is -0.491 e. The third-order valence-corrected chi connectivity index (χ3v) is 2.09. The van der Waals surface area contributed by atoms with Crippen molar-refractivity contribution in [2.75, 3.05) is 19.8 Å². The zero-order valence-electron chi connectivity index (χ0n) is 10.4. The number of benzene rings is 1. The maximum atomic E-state index is 11.7. The third kappa shape index (κ3) is 7.66. The average Bonchev–Trinajstić information content (AvgIpc) is 2.31. The van der Waals surface area contributed by atoms with Crippen LogP contribution in [0.2, 0.25) is 0 Å². The number of aliphatic hydroxyl groups excluding tert-OH is 1. The molecule has 0 amide bonds. The highest BCUT2D eigenvalue weighted by molar-refractivity contribution is 5.27. The predicted molar refractivity (Wildman–Crippen MR) is 62.7 cm³/mol. The van der Waals surface area contributed by atoms with Gasteiger partial charge in [-0.15, -0.1) is 0 Å². The van der Waals surface area contributed by atoms with Gasteiger partial charge in [0, 0.05) is 0 Å². The Morgan fingerprint density at radius 3 is 2.74 bits per heavy atom. The molecule has 0 radical (unpaired) electrons. The Bertz CT molecular complexity index is 385. The van der Waals surface area contributed by atoms with Gasteiger partial charge in [0.15, 0.2) is 6.61 Å². The lowest BCUT2D eigenvalue weighted by Crippen LogP contribution is -2.34. The lowest BCUT2D eigenvalue weighted by Gasteiger charge is -2.14. The molecule has 1 aromatic rings. The smallest absolute Gasteiger partial charge is 0.413 e. The summed E-state index contributed by atoms with van der Waals surface area (Å²) in [5, 5.41) is 9.46. The Balaban J connectivity index is 2.16. The number of hydrogen-bond donors (Lipinski definition) is 2. The summed E-state index contributed by atoms with van der Waals surface area (Å²) in [6.45, 7) is 0.308. The van der Waals surface area contributed by atoms with Crippen molar-refractivity contribution in [2.24, 2.45) is 0 Å². The number of alkyl halides is 3. The van der Waals surface area contributed by atoms with Crippen molar-refractivity contribution in [1.82, 2.24) is 5.48 Å². The third-order valence-electron chi connectivity index (χ3n) is 2.09. The molecule has 0 aromatic heterocycles. The number of rotatable bonds is 7. The van der Waals surface area contributed by atoms with Crippen LogP contribution in [0.1, 0.15) is 5.56 Å². The van der Waals surface area contributed by atoms with Gasteiger partial charge >= 0.3 is 6.18 Å². The highest BCUT2D eigenvalue weighted by Gasteiger charge is 2.27. The van der Waals surface area contributed by atoms with E-state index in [1.165, 1.54) is 0 Å². The Hall–Kier alpha value is -1.31. The van der Waals surface area contributed by atoms with E-state index in [0.29, 0.717) is 5.75 Å². The SMILES string of the molecule is Cc1cccc(OCC(O)CNOCC(F)(F)F)c1. The molecule has 2 N–H and O–H groups in total. The maximum Gasteiger partial charge on any atom is 0.413 e. The Labute approximate surface area is 109 Å².